The monoisotopic (exact) mass is 291 g/mol. The van der Waals surface area contributed by atoms with Crippen molar-refractivity contribution in [3.63, 3.8) is 0 Å². The number of hydrazine groups is 1. The van der Waals surface area contributed by atoms with Gasteiger partial charge in [0, 0.05) is 19.1 Å². The van der Waals surface area contributed by atoms with Gasteiger partial charge in [-0.05, 0) is 31.4 Å². The minimum absolute atomic E-state index is 0.0437. The van der Waals surface area contributed by atoms with E-state index >= 15 is 0 Å². The molecule has 2 unspecified atom stereocenters. The number of hydrogen-bond donors (Lipinski definition) is 2. The number of morpholine rings is 1. The summed E-state index contributed by atoms with van der Waals surface area (Å²) in [5.41, 5.74) is 5.53. The summed E-state index contributed by atoms with van der Waals surface area (Å²) in [6.07, 6.45) is 2.40. The first kappa shape index (κ1) is 16.4. The molecule has 0 bridgehead atoms. The number of nitrogens with zero attached hydrogens (tertiary/aromatic N) is 1. The normalized spacial score (nSPS) is 21.7. The molecule has 1 saturated heterocycles. The molecule has 0 radical (unpaired) electrons. The topological polar surface area (TPSA) is 50.5 Å². The minimum Gasteiger partial charge on any atom is -0.374 e. The first-order valence-corrected chi connectivity index (χ1v) is 8.06. The Morgan fingerprint density at radius 2 is 2.05 bits per heavy atom. The molecule has 1 aromatic rings. The van der Waals surface area contributed by atoms with Crippen molar-refractivity contribution in [2.24, 2.45) is 5.84 Å². The van der Waals surface area contributed by atoms with Crippen LogP contribution in [-0.2, 0) is 11.2 Å². The summed E-state index contributed by atoms with van der Waals surface area (Å²) in [6.45, 7) is 9.35. The fourth-order valence-corrected chi connectivity index (χ4v) is 2.97. The largest absolute Gasteiger partial charge is 0.374 e. The molecule has 0 amide bonds. The Morgan fingerprint density at radius 1 is 1.33 bits per heavy atom. The molecule has 1 fully saturated rings. The highest BCUT2D eigenvalue weighted by Gasteiger charge is 2.29. The fraction of sp³-hybridized carbons (Fsp3) is 0.647. The number of nitrogens with two attached hydrogens (primary N) is 1. The molecule has 2 atom stereocenters. The SMILES string of the molecule is CCCc1ccc(C(NN)C2CN(C(C)C)CCO2)cc1. The van der Waals surface area contributed by atoms with Gasteiger partial charge in [0.2, 0.25) is 0 Å². The summed E-state index contributed by atoms with van der Waals surface area (Å²) in [5.74, 6) is 5.81. The summed E-state index contributed by atoms with van der Waals surface area (Å²) in [4.78, 5) is 2.45. The van der Waals surface area contributed by atoms with Crippen LogP contribution in [0.1, 0.15) is 44.4 Å². The number of ether oxygens (including phenoxy) is 1. The minimum atomic E-state index is 0.0437. The van der Waals surface area contributed by atoms with E-state index in [0.717, 1.165) is 26.1 Å². The molecule has 118 valence electrons. The van der Waals surface area contributed by atoms with Gasteiger partial charge in [-0.1, -0.05) is 37.6 Å². The van der Waals surface area contributed by atoms with Crippen LogP contribution < -0.4 is 11.3 Å². The van der Waals surface area contributed by atoms with Gasteiger partial charge >= 0.3 is 0 Å². The summed E-state index contributed by atoms with van der Waals surface area (Å²) in [6, 6.07) is 9.34. The second-order valence-corrected chi connectivity index (χ2v) is 6.13. The van der Waals surface area contributed by atoms with Crippen LogP contribution in [0.5, 0.6) is 0 Å². The molecule has 1 aliphatic rings. The van der Waals surface area contributed by atoms with Crippen LogP contribution in [0.3, 0.4) is 0 Å². The van der Waals surface area contributed by atoms with Gasteiger partial charge < -0.3 is 4.74 Å². The highest BCUT2D eigenvalue weighted by Crippen LogP contribution is 2.23. The van der Waals surface area contributed by atoms with Gasteiger partial charge in [-0.15, -0.1) is 0 Å². The van der Waals surface area contributed by atoms with Gasteiger partial charge in [0.05, 0.1) is 18.8 Å². The highest BCUT2D eigenvalue weighted by molar-refractivity contribution is 5.26. The van der Waals surface area contributed by atoms with Crippen LogP contribution in [0.25, 0.3) is 0 Å². The first-order chi connectivity index (χ1) is 10.2. The van der Waals surface area contributed by atoms with E-state index in [1.807, 2.05) is 0 Å². The number of benzene rings is 1. The molecule has 1 aliphatic heterocycles. The second-order valence-electron chi connectivity index (χ2n) is 6.13. The van der Waals surface area contributed by atoms with Crippen LogP contribution in [0.2, 0.25) is 0 Å². The third-order valence-corrected chi connectivity index (χ3v) is 4.28. The maximum atomic E-state index is 5.96. The first-order valence-electron chi connectivity index (χ1n) is 8.06. The van der Waals surface area contributed by atoms with Gasteiger partial charge in [-0.25, -0.2) is 0 Å². The second kappa shape index (κ2) is 7.90. The number of nitrogens with one attached hydrogen (secondary N) is 1. The molecule has 3 N–H and O–H groups in total. The van der Waals surface area contributed by atoms with Crippen molar-refractivity contribution in [1.82, 2.24) is 10.3 Å². The lowest BCUT2D eigenvalue weighted by Crippen LogP contribution is -2.51. The molecule has 21 heavy (non-hydrogen) atoms. The zero-order chi connectivity index (χ0) is 15.2. The van der Waals surface area contributed by atoms with E-state index in [-0.39, 0.29) is 12.1 Å². The lowest BCUT2D eigenvalue weighted by atomic mass is 9.98. The number of rotatable bonds is 6. The lowest BCUT2D eigenvalue weighted by Gasteiger charge is -2.38. The predicted octanol–water partition coefficient (Wildman–Crippen LogP) is 2.25. The molecule has 0 aromatic heterocycles. The number of aryl methyl sites for hydroxylation is 1. The van der Waals surface area contributed by atoms with Gasteiger partial charge in [-0.3, -0.25) is 16.2 Å². The Labute approximate surface area is 128 Å². The average Bonchev–Trinajstić information content (AvgIpc) is 2.50. The van der Waals surface area contributed by atoms with Gasteiger partial charge in [-0.2, -0.15) is 0 Å². The van der Waals surface area contributed by atoms with E-state index in [4.69, 9.17) is 10.6 Å². The van der Waals surface area contributed by atoms with E-state index < -0.39 is 0 Å². The van der Waals surface area contributed by atoms with E-state index in [0.29, 0.717) is 6.04 Å². The van der Waals surface area contributed by atoms with Crippen molar-refractivity contribution in [2.75, 3.05) is 19.7 Å². The van der Waals surface area contributed by atoms with Gasteiger partial charge in [0.15, 0.2) is 0 Å². The summed E-state index contributed by atoms with van der Waals surface area (Å²) in [5, 5.41) is 0. The third-order valence-electron chi connectivity index (χ3n) is 4.28. The molecule has 0 aliphatic carbocycles. The third kappa shape index (κ3) is 4.27. The Balaban J connectivity index is 2.07. The quantitative estimate of drug-likeness (QED) is 0.623. The Hall–Kier alpha value is -0.940. The highest BCUT2D eigenvalue weighted by atomic mass is 16.5. The Bertz CT molecular complexity index is 419. The maximum absolute atomic E-state index is 5.96. The molecular weight excluding hydrogens is 262 g/mol. The van der Waals surface area contributed by atoms with Crippen LogP contribution in [0.15, 0.2) is 24.3 Å². The van der Waals surface area contributed by atoms with Crippen molar-refractivity contribution >= 4 is 0 Å². The van der Waals surface area contributed by atoms with Crippen molar-refractivity contribution in [1.29, 1.82) is 0 Å². The lowest BCUT2D eigenvalue weighted by molar-refractivity contribution is -0.0561. The Kier molecular flexibility index (Phi) is 6.18. The predicted molar refractivity (Wildman–Crippen MR) is 87.0 cm³/mol. The number of hydrogen-bond acceptors (Lipinski definition) is 4. The van der Waals surface area contributed by atoms with E-state index in [2.05, 4.69) is 55.4 Å². The van der Waals surface area contributed by atoms with Crippen LogP contribution in [-0.4, -0.2) is 36.7 Å². The van der Waals surface area contributed by atoms with E-state index in [1.165, 1.54) is 17.5 Å². The van der Waals surface area contributed by atoms with E-state index in [9.17, 15) is 0 Å². The van der Waals surface area contributed by atoms with Gasteiger partial charge in [0.25, 0.3) is 0 Å². The van der Waals surface area contributed by atoms with Gasteiger partial charge in [0.1, 0.15) is 0 Å². The zero-order valence-corrected chi connectivity index (χ0v) is 13.5. The van der Waals surface area contributed by atoms with E-state index in [1.54, 1.807) is 0 Å². The van der Waals surface area contributed by atoms with Crippen LogP contribution >= 0.6 is 0 Å². The fourth-order valence-electron chi connectivity index (χ4n) is 2.97. The molecule has 1 aromatic carbocycles. The van der Waals surface area contributed by atoms with Crippen molar-refractivity contribution in [3.8, 4) is 0 Å². The molecule has 4 heteroatoms. The summed E-state index contributed by atoms with van der Waals surface area (Å²) < 4.78 is 5.96. The smallest absolute Gasteiger partial charge is 0.0909 e. The zero-order valence-electron chi connectivity index (χ0n) is 13.5. The van der Waals surface area contributed by atoms with Crippen molar-refractivity contribution in [2.45, 2.75) is 51.8 Å². The van der Waals surface area contributed by atoms with Crippen molar-refractivity contribution in [3.05, 3.63) is 35.4 Å². The molecule has 0 spiro atoms. The summed E-state index contributed by atoms with van der Waals surface area (Å²) >= 11 is 0. The molecule has 4 nitrogen and oxygen atoms in total. The van der Waals surface area contributed by atoms with Crippen LogP contribution in [0.4, 0.5) is 0 Å². The van der Waals surface area contributed by atoms with Crippen molar-refractivity contribution < 1.29 is 4.74 Å². The Morgan fingerprint density at radius 3 is 2.62 bits per heavy atom. The molecule has 0 saturated carbocycles. The molecule has 1 heterocycles. The molecule has 2 rings (SSSR count). The molecular formula is C17H29N3O. The standard InChI is InChI=1S/C17H29N3O/c1-4-5-14-6-8-15(9-7-14)17(19-18)16-12-20(13(2)3)10-11-21-16/h6-9,13,16-17,19H,4-5,10-12,18H2,1-3H3. The van der Waals surface area contributed by atoms with Crippen LogP contribution in [0, 0.1) is 0 Å². The summed E-state index contributed by atoms with van der Waals surface area (Å²) in [7, 11) is 0. The average molecular weight is 291 g/mol. The maximum Gasteiger partial charge on any atom is 0.0909 e.